The van der Waals surface area contributed by atoms with Gasteiger partial charge in [0, 0.05) is 0 Å². The first-order valence-corrected chi connectivity index (χ1v) is 6.21. The number of carboxylic acids is 2. The Labute approximate surface area is 101 Å². The molecule has 5 nitrogen and oxygen atoms in total. The number of rotatable bonds is 2. The maximum Gasteiger partial charge on any atom is 0.323 e. The Morgan fingerprint density at radius 2 is 1.47 bits per heavy atom. The third-order valence-corrected chi connectivity index (χ3v) is 3.63. The molecule has 0 saturated heterocycles. The number of hydrogen-bond donors (Lipinski definition) is 3. The van der Waals surface area contributed by atoms with Crippen LogP contribution in [0.3, 0.4) is 0 Å². The number of carboxylic acid groups (broad SMARTS) is 2. The molecule has 0 radical (unpaired) electrons. The first-order valence-electron chi connectivity index (χ1n) is 6.21. The molecular formula is C12H21NO4. The van der Waals surface area contributed by atoms with Gasteiger partial charge in [0.1, 0.15) is 5.54 Å². The van der Waals surface area contributed by atoms with Crippen LogP contribution in [-0.2, 0) is 9.59 Å². The topological polar surface area (TPSA) is 101 Å². The van der Waals surface area contributed by atoms with Crippen molar-refractivity contribution in [2.75, 3.05) is 0 Å². The van der Waals surface area contributed by atoms with E-state index in [1.165, 1.54) is 0 Å². The zero-order chi connectivity index (χ0) is 12.9. The fourth-order valence-electron chi connectivity index (χ4n) is 2.39. The minimum atomic E-state index is -0.889. The van der Waals surface area contributed by atoms with E-state index in [0.717, 1.165) is 38.5 Å². The SMILES string of the molecule is NC1(C(=O)O)CCCC1.O=C(O)C1CCCC1. The van der Waals surface area contributed by atoms with E-state index in [2.05, 4.69) is 0 Å². The van der Waals surface area contributed by atoms with Crippen molar-refractivity contribution in [3.8, 4) is 0 Å². The quantitative estimate of drug-likeness (QED) is 0.684. The van der Waals surface area contributed by atoms with Crippen LogP contribution in [0.25, 0.3) is 0 Å². The van der Waals surface area contributed by atoms with Gasteiger partial charge in [-0.2, -0.15) is 0 Å². The molecule has 98 valence electrons. The van der Waals surface area contributed by atoms with E-state index in [-0.39, 0.29) is 5.92 Å². The molecule has 0 aromatic heterocycles. The summed E-state index contributed by atoms with van der Waals surface area (Å²) >= 11 is 0. The van der Waals surface area contributed by atoms with Crippen LogP contribution in [0.15, 0.2) is 0 Å². The number of hydrogen-bond acceptors (Lipinski definition) is 3. The van der Waals surface area contributed by atoms with Crippen molar-refractivity contribution in [2.45, 2.75) is 56.9 Å². The van der Waals surface area contributed by atoms with Crippen LogP contribution >= 0.6 is 0 Å². The molecule has 0 heterocycles. The van der Waals surface area contributed by atoms with Gasteiger partial charge in [-0.05, 0) is 25.7 Å². The van der Waals surface area contributed by atoms with E-state index >= 15 is 0 Å². The van der Waals surface area contributed by atoms with Gasteiger partial charge in [0.2, 0.25) is 0 Å². The largest absolute Gasteiger partial charge is 0.481 e. The molecule has 2 aliphatic carbocycles. The Morgan fingerprint density at radius 3 is 1.71 bits per heavy atom. The molecule has 0 amide bonds. The number of carbonyl (C=O) groups is 2. The third-order valence-electron chi connectivity index (χ3n) is 3.63. The minimum absolute atomic E-state index is 0.0185. The van der Waals surface area contributed by atoms with Crippen molar-refractivity contribution in [1.29, 1.82) is 0 Å². The van der Waals surface area contributed by atoms with Crippen LogP contribution in [0, 0.1) is 5.92 Å². The molecule has 0 aromatic carbocycles. The molecule has 0 aromatic rings. The summed E-state index contributed by atoms with van der Waals surface area (Å²) in [6, 6.07) is 0. The molecule has 0 unspecified atom stereocenters. The molecular weight excluding hydrogens is 222 g/mol. The first-order chi connectivity index (χ1) is 7.96. The average Bonchev–Trinajstić information content (AvgIpc) is 2.88. The lowest BCUT2D eigenvalue weighted by molar-refractivity contribution is -0.143. The number of aliphatic carboxylic acids is 2. The van der Waals surface area contributed by atoms with Crippen LogP contribution in [0.5, 0.6) is 0 Å². The lowest BCUT2D eigenvalue weighted by Crippen LogP contribution is -2.44. The van der Waals surface area contributed by atoms with Gasteiger partial charge in [-0.3, -0.25) is 9.59 Å². The first kappa shape index (κ1) is 14.0. The van der Waals surface area contributed by atoms with Gasteiger partial charge in [-0.1, -0.05) is 25.7 Å². The van der Waals surface area contributed by atoms with Crippen molar-refractivity contribution in [3.63, 3.8) is 0 Å². The standard InChI is InChI=1S/C6H11NO2.C6H10O2/c7-6(5(8)9)3-1-2-4-6;7-6(8)5-3-1-2-4-5/h1-4,7H2,(H,8,9);5H,1-4H2,(H,7,8). The second-order valence-corrected chi connectivity index (χ2v) is 4.99. The fraction of sp³-hybridized carbons (Fsp3) is 0.833. The van der Waals surface area contributed by atoms with Crippen molar-refractivity contribution in [2.24, 2.45) is 11.7 Å². The zero-order valence-corrected chi connectivity index (χ0v) is 10.0. The van der Waals surface area contributed by atoms with Gasteiger partial charge in [-0.15, -0.1) is 0 Å². The van der Waals surface area contributed by atoms with Crippen LogP contribution < -0.4 is 5.73 Å². The lowest BCUT2D eigenvalue weighted by atomic mass is 10.0. The van der Waals surface area contributed by atoms with Gasteiger partial charge in [0.15, 0.2) is 0 Å². The Morgan fingerprint density at radius 1 is 1.00 bits per heavy atom. The van der Waals surface area contributed by atoms with Gasteiger partial charge in [-0.25, -0.2) is 0 Å². The summed E-state index contributed by atoms with van der Waals surface area (Å²) in [6.45, 7) is 0. The molecule has 0 aliphatic heterocycles. The molecule has 0 spiro atoms. The van der Waals surface area contributed by atoms with Gasteiger partial charge in [0.05, 0.1) is 5.92 Å². The van der Waals surface area contributed by atoms with Crippen LogP contribution in [0.1, 0.15) is 51.4 Å². The van der Waals surface area contributed by atoms with E-state index in [0.29, 0.717) is 12.8 Å². The highest BCUT2D eigenvalue weighted by Gasteiger charge is 2.36. The van der Waals surface area contributed by atoms with E-state index < -0.39 is 17.5 Å². The Kier molecular flexibility index (Phi) is 4.93. The molecule has 2 rings (SSSR count). The van der Waals surface area contributed by atoms with E-state index in [1.54, 1.807) is 0 Å². The van der Waals surface area contributed by atoms with Crippen LogP contribution in [0.4, 0.5) is 0 Å². The van der Waals surface area contributed by atoms with Crippen LogP contribution in [0.2, 0.25) is 0 Å². The summed E-state index contributed by atoms with van der Waals surface area (Å²) in [5.41, 5.74) is 4.61. The van der Waals surface area contributed by atoms with Gasteiger partial charge >= 0.3 is 11.9 Å². The second kappa shape index (κ2) is 6.00. The van der Waals surface area contributed by atoms with Gasteiger partial charge in [0.25, 0.3) is 0 Å². The summed E-state index contributed by atoms with van der Waals surface area (Å²) < 4.78 is 0. The molecule has 17 heavy (non-hydrogen) atoms. The predicted molar refractivity (Wildman–Crippen MR) is 62.6 cm³/mol. The monoisotopic (exact) mass is 243 g/mol. The van der Waals surface area contributed by atoms with Crippen molar-refractivity contribution in [1.82, 2.24) is 0 Å². The maximum atomic E-state index is 10.4. The predicted octanol–water partition coefficient (Wildman–Crippen LogP) is 1.60. The lowest BCUT2D eigenvalue weighted by Gasteiger charge is -2.15. The van der Waals surface area contributed by atoms with Crippen molar-refractivity contribution < 1.29 is 19.8 Å². The fourth-order valence-corrected chi connectivity index (χ4v) is 2.39. The molecule has 0 atom stereocenters. The molecule has 2 aliphatic rings. The Hall–Kier alpha value is -1.10. The highest BCUT2D eigenvalue weighted by atomic mass is 16.4. The smallest absolute Gasteiger partial charge is 0.323 e. The molecule has 4 N–H and O–H groups in total. The van der Waals surface area contributed by atoms with Crippen molar-refractivity contribution >= 4 is 11.9 Å². The molecule has 5 heteroatoms. The number of nitrogens with two attached hydrogens (primary N) is 1. The van der Waals surface area contributed by atoms with Crippen LogP contribution in [-0.4, -0.2) is 27.7 Å². The summed E-state index contributed by atoms with van der Waals surface area (Å²) in [5, 5.41) is 17.0. The summed E-state index contributed by atoms with van der Waals surface area (Å²) in [6.07, 6.45) is 7.22. The molecule has 2 fully saturated rings. The van der Waals surface area contributed by atoms with Gasteiger partial charge < -0.3 is 15.9 Å². The zero-order valence-electron chi connectivity index (χ0n) is 10.0. The minimum Gasteiger partial charge on any atom is -0.481 e. The average molecular weight is 243 g/mol. The summed E-state index contributed by atoms with van der Waals surface area (Å²) in [4.78, 5) is 20.6. The highest BCUT2D eigenvalue weighted by molar-refractivity contribution is 5.78. The Balaban J connectivity index is 0.000000171. The van der Waals surface area contributed by atoms with E-state index in [1.807, 2.05) is 0 Å². The second-order valence-electron chi connectivity index (χ2n) is 4.99. The van der Waals surface area contributed by atoms with E-state index in [4.69, 9.17) is 15.9 Å². The summed E-state index contributed by atoms with van der Waals surface area (Å²) in [7, 11) is 0. The third kappa shape index (κ3) is 4.00. The maximum absolute atomic E-state index is 10.4. The summed E-state index contributed by atoms with van der Waals surface area (Å²) in [5.74, 6) is -1.47. The normalized spacial score (nSPS) is 22.9. The van der Waals surface area contributed by atoms with Crippen molar-refractivity contribution in [3.05, 3.63) is 0 Å². The molecule has 2 saturated carbocycles. The highest BCUT2D eigenvalue weighted by Crippen LogP contribution is 2.26. The Bertz CT molecular complexity index is 278. The van der Waals surface area contributed by atoms with E-state index in [9.17, 15) is 9.59 Å². The molecule has 0 bridgehead atoms.